The first kappa shape index (κ1) is 16.9. The Kier molecular flexibility index (Phi) is 4.89. The van der Waals surface area contributed by atoms with E-state index in [2.05, 4.69) is 10.3 Å². The van der Waals surface area contributed by atoms with E-state index in [4.69, 9.17) is 11.6 Å². The number of carbonyl (C=O) groups excluding carboxylic acids is 1. The van der Waals surface area contributed by atoms with Crippen LogP contribution in [0.4, 0.5) is 0 Å². The third kappa shape index (κ3) is 3.31. The smallest absolute Gasteiger partial charge is 0.329 e. The van der Waals surface area contributed by atoms with Crippen LogP contribution in [0.25, 0.3) is 9.88 Å². The fourth-order valence-electron chi connectivity index (χ4n) is 1.74. The number of hydrogen-bond acceptors (Lipinski definition) is 5. The Hall–Kier alpha value is -1.44. The molecule has 0 fully saturated rings. The highest BCUT2D eigenvalue weighted by molar-refractivity contribution is 7.24. The Bertz CT molecular complexity index is 725. The van der Waals surface area contributed by atoms with E-state index in [1.54, 1.807) is 19.9 Å². The molecular formula is C14H15ClN2O3S2. The Morgan fingerprint density at radius 2 is 2.09 bits per heavy atom. The molecular weight excluding hydrogens is 344 g/mol. The fourth-order valence-corrected chi connectivity index (χ4v) is 3.80. The number of aliphatic carboxylic acids is 1. The van der Waals surface area contributed by atoms with E-state index >= 15 is 0 Å². The second kappa shape index (κ2) is 6.36. The zero-order valence-electron chi connectivity index (χ0n) is 12.3. The number of amides is 1. The monoisotopic (exact) mass is 358 g/mol. The lowest BCUT2D eigenvalue weighted by Crippen LogP contribution is -2.51. The summed E-state index contributed by atoms with van der Waals surface area (Å²) in [7, 11) is 0. The average molecular weight is 359 g/mol. The molecule has 1 atom stereocenters. The lowest BCUT2D eigenvalue weighted by atomic mass is 9.99. The summed E-state index contributed by atoms with van der Waals surface area (Å²) >= 11 is 8.53. The molecule has 0 aliphatic rings. The van der Waals surface area contributed by atoms with Gasteiger partial charge in [-0.1, -0.05) is 18.5 Å². The van der Waals surface area contributed by atoms with Crippen LogP contribution in [0.1, 0.15) is 35.6 Å². The number of aryl methyl sites for hydroxylation is 1. The van der Waals surface area contributed by atoms with Gasteiger partial charge in [-0.15, -0.1) is 22.7 Å². The number of aromatic nitrogens is 1. The first-order valence-corrected chi connectivity index (χ1v) is 8.57. The number of hydrogen-bond donors (Lipinski definition) is 2. The van der Waals surface area contributed by atoms with Crippen LogP contribution in [-0.2, 0) is 4.79 Å². The molecule has 5 nitrogen and oxygen atoms in total. The number of carboxylic acids is 1. The Morgan fingerprint density at radius 3 is 2.59 bits per heavy atom. The third-order valence-corrected chi connectivity index (χ3v) is 5.91. The number of carboxylic acid groups (broad SMARTS) is 1. The summed E-state index contributed by atoms with van der Waals surface area (Å²) in [6.07, 6.45) is 0.291. The number of thiazole rings is 1. The van der Waals surface area contributed by atoms with Crippen LogP contribution in [0.3, 0.4) is 0 Å². The molecule has 0 bridgehead atoms. The molecule has 0 saturated heterocycles. The van der Waals surface area contributed by atoms with Crippen LogP contribution in [-0.4, -0.2) is 27.5 Å². The molecule has 0 aliphatic heterocycles. The molecule has 2 heterocycles. The molecule has 0 saturated carbocycles. The summed E-state index contributed by atoms with van der Waals surface area (Å²) < 4.78 is 0.651. The van der Waals surface area contributed by atoms with Gasteiger partial charge in [-0.05, 0) is 32.4 Å². The maximum absolute atomic E-state index is 12.4. The molecule has 0 aromatic carbocycles. The number of carbonyl (C=O) groups is 2. The minimum Gasteiger partial charge on any atom is -0.480 e. The number of rotatable bonds is 5. The van der Waals surface area contributed by atoms with Crippen LogP contribution in [0.15, 0.2) is 12.1 Å². The Balaban J connectivity index is 2.28. The lowest BCUT2D eigenvalue weighted by Gasteiger charge is -2.24. The maximum atomic E-state index is 12.4. The summed E-state index contributed by atoms with van der Waals surface area (Å²) in [5.74, 6) is -1.48. The first-order chi connectivity index (χ1) is 10.3. The van der Waals surface area contributed by atoms with Crippen molar-refractivity contribution in [3.05, 3.63) is 27.0 Å². The van der Waals surface area contributed by atoms with Gasteiger partial charge in [0.15, 0.2) is 0 Å². The molecule has 0 aliphatic carbocycles. The molecule has 2 N–H and O–H groups in total. The van der Waals surface area contributed by atoms with Crippen molar-refractivity contribution in [2.75, 3.05) is 0 Å². The summed E-state index contributed by atoms with van der Waals surface area (Å²) in [6, 6.07) is 3.62. The lowest BCUT2D eigenvalue weighted by molar-refractivity contribution is -0.143. The Morgan fingerprint density at radius 1 is 1.41 bits per heavy atom. The van der Waals surface area contributed by atoms with Crippen molar-refractivity contribution in [3.63, 3.8) is 0 Å². The SMILES string of the molecule is CCC(C)(NC(=O)c1sc(-c2ccc(Cl)s2)nc1C)C(=O)O. The van der Waals surface area contributed by atoms with E-state index < -0.39 is 17.4 Å². The third-order valence-electron chi connectivity index (χ3n) is 3.36. The molecule has 8 heteroatoms. The van der Waals surface area contributed by atoms with E-state index in [9.17, 15) is 14.7 Å². The van der Waals surface area contributed by atoms with Gasteiger partial charge >= 0.3 is 5.97 Å². The minimum absolute atomic E-state index is 0.291. The second-order valence-electron chi connectivity index (χ2n) is 4.98. The minimum atomic E-state index is -1.29. The summed E-state index contributed by atoms with van der Waals surface area (Å²) in [4.78, 5) is 29.3. The number of halogens is 1. The van der Waals surface area contributed by atoms with Crippen molar-refractivity contribution >= 4 is 46.2 Å². The van der Waals surface area contributed by atoms with Crippen LogP contribution in [0.2, 0.25) is 4.34 Å². The van der Waals surface area contributed by atoms with Crippen LogP contribution < -0.4 is 5.32 Å². The Labute approximate surface area is 141 Å². The molecule has 2 aromatic rings. The zero-order chi connectivity index (χ0) is 16.5. The predicted molar refractivity (Wildman–Crippen MR) is 89.0 cm³/mol. The van der Waals surface area contributed by atoms with Gasteiger partial charge in [0.05, 0.1) is 14.9 Å². The van der Waals surface area contributed by atoms with Crippen molar-refractivity contribution in [3.8, 4) is 9.88 Å². The summed E-state index contributed by atoms with van der Waals surface area (Å²) in [5, 5.41) is 12.5. The van der Waals surface area contributed by atoms with Gasteiger partial charge in [-0.3, -0.25) is 4.79 Å². The number of thiophene rings is 1. The standard InChI is InChI=1S/C14H15ClN2O3S2/c1-4-14(3,13(19)20)17-11(18)10-7(2)16-12(22-10)8-5-6-9(15)21-8/h5-6H,4H2,1-3H3,(H,17,18)(H,19,20). The highest BCUT2D eigenvalue weighted by Gasteiger charge is 2.34. The number of nitrogens with one attached hydrogen (secondary N) is 1. The van der Waals surface area contributed by atoms with E-state index in [-0.39, 0.29) is 0 Å². The highest BCUT2D eigenvalue weighted by atomic mass is 35.5. The summed E-state index contributed by atoms with van der Waals surface area (Å²) in [5.41, 5.74) is -0.717. The zero-order valence-corrected chi connectivity index (χ0v) is 14.7. The molecule has 22 heavy (non-hydrogen) atoms. The first-order valence-electron chi connectivity index (χ1n) is 6.56. The molecule has 2 aromatic heterocycles. The molecule has 118 valence electrons. The van der Waals surface area contributed by atoms with Gasteiger partial charge < -0.3 is 10.4 Å². The van der Waals surface area contributed by atoms with Gasteiger partial charge in [-0.25, -0.2) is 9.78 Å². The largest absolute Gasteiger partial charge is 0.480 e. The topological polar surface area (TPSA) is 79.3 Å². The van der Waals surface area contributed by atoms with Crippen LogP contribution in [0.5, 0.6) is 0 Å². The molecule has 0 radical (unpaired) electrons. The molecule has 1 amide bonds. The van der Waals surface area contributed by atoms with Gasteiger partial charge in [0.2, 0.25) is 0 Å². The molecule has 1 unspecified atom stereocenters. The van der Waals surface area contributed by atoms with Crippen molar-refractivity contribution in [2.24, 2.45) is 0 Å². The van der Waals surface area contributed by atoms with Gasteiger partial charge in [-0.2, -0.15) is 0 Å². The van der Waals surface area contributed by atoms with Crippen molar-refractivity contribution < 1.29 is 14.7 Å². The maximum Gasteiger partial charge on any atom is 0.329 e. The van der Waals surface area contributed by atoms with E-state index in [1.165, 1.54) is 29.6 Å². The van der Waals surface area contributed by atoms with Gasteiger partial charge in [0.1, 0.15) is 15.4 Å². The van der Waals surface area contributed by atoms with Crippen molar-refractivity contribution in [2.45, 2.75) is 32.7 Å². The molecule has 0 spiro atoms. The highest BCUT2D eigenvalue weighted by Crippen LogP contribution is 2.35. The molecule has 2 rings (SSSR count). The van der Waals surface area contributed by atoms with Gasteiger partial charge in [0.25, 0.3) is 5.91 Å². The summed E-state index contributed by atoms with van der Waals surface area (Å²) in [6.45, 7) is 4.94. The normalized spacial score (nSPS) is 13.6. The fraction of sp³-hybridized carbons (Fsp3) is 0.357. The van der Waals surface area contributed by atoms with Crippen LogP contribution >= 0.6 is 34.3 Å². The van der Waals surface area contributed by atoms with Crippen LogP contribution in [0, 0.1) is 6.92 Å². The second-order valence-corrected chi connectivity index (χ2v) is 7.70. The van der Waals surface area contributed by atoms with Gasteiger partial charge in [0, 0.05) is 0 Å². The quantitative estimate of drug-likeness (QED) is 0.851. The van der Waals surface area contributed by atoms with Crippen molar-refractivity contribution in [1.29, 1.82) is 0 Å². The van der Waals surface area contributed by atoms with E-state index in [0.717, 1.165) is 4.88 Å². The van der Waals surface area contributed by atoms with E-state index in [1.807, 2.05) is 6.07 Å². The van der Waals surface area contributed by atoms with Crippen molar-refractivity contribution in [1.82, 2.24) is 10.3 Å². The predicted octanol–water partition coefficient (Wildman–Crippen LogP) is 3.82. The number of nitrogens with zero attached hydrogens (tertiary/aromatic N) is 1. The average Bonchev–Trinajstić information content (AvgIpc) is 3.04. The van der Waals surface area contributed by atoms with E-state index in [0.29, 0.717) is 26.3 Å².